The summed E-state index contributed by atoms with van der Waals surface area (Å²) in [5.41, 5.74) is 4.27. The molecule has 3 aromatic rings. The molecule has 1 aliphatic rings. The Morgan fingerprint density at radius 2 is 2.27 bits per heavy atom. The molecular formula is C20H23N5O. The lowest BCUT2D eigenvalue weighted by Gasteiger charge is -2.24. The fourth-order valence-electron chi connectivity index (χ4n) is 3.66. The monoisotopic (exact) mass is 349 g/mol. The second-order valence-electron chi connectivity index (χ2n) is 6.87. The van der Waals surface area contributed by atoms with Crippen LogP contribution < -0.4 is 5.32 Å². The molecule has 2 aromatic heterocycles. The van der Waals surface area contributed by atoms with Gasteiger partial charge in [-0.2, -0.15) is 0 Å². The molecule has 2 N–H and O–H groups in total. The fourth-order valence-corrected chi connectivity index (χ4v) is 3.66. The Labute approximate surface area is 152 Å². The van der Waals surface area contributed by atoms with E-state index in [0.717, 1.165) is 37.3 Å². The first-order valence-corrected chi connectivity index (χ1v) is 9.04. The Balaban J connectivity index is 1.50. The largest absolute Gasteiger partial charge is 0.361 e. The molecular weight excluding hydrogens is 326 g/mol. The van der Waals surface area contributed by atoms with Crippen LogP contribution in [0.1, 0.15) is 42.8 Å². The summed E-state index contributed by atoms with van der Waals surface area (Å²) in [6, 6.07) is 8.96. The van der Waals surface area contributed by atoms with E-state index in [1.54, 1.807) is 6.20 Å². The van der Waals surface area contributed by atoms with Gasteiger partial charge in [-0.25, -0.2) is 0 Å². The van der Waals surface area contributed by atoms with Gasteiger partial charge in [0, 0.05) is 25.2 Å². The number of nitrogens with zero attached hydrogens (tertiary/aromatic N) is 3. The maximum absolute atomic E-state index is 11.1. The third-order valence-corrected chi connectivity index (χ3v) is 4.93. The molecule has 1 saturated heterocycles. The van der Waals surface area contributed by atoms with E-state index < -0.39 is 0 Å². The highest BCUT2D eigenvalue weighted by Crippen LogP contribution is 2.32. The van der Waals surface area contributed by atoms with Crippen LogP contribution >= 0.6 is 0 Å². The van der Waals surface area contributed by atoms with Crippen LogP contribution in [-0.4, -0.2) is 32.3 Å². The van der Waals surface area contributed by atoms with Crippen molar-refractivity contribution in [3.63, 3.8) is 0 Å². The Hall–Kier alpha value is -2.73. The van der Waals surface area contributed by atoms with Crippen molar-refractivity contribution < 1.29 is 4.79 Å². The van der Waals surface area contributed by atoms with Gasteiger partial charge < -0.3 is 10.3 Å². The normalized spacial score (nSPS) is 17.7. The summed E-state index contributed by atoms with van der Waals surface area (Å²) >= 11 is 0. The number of hydrogen-bond acceptors (Lipinski definition) is 4. The van der Waals surface area contributed by atoms with Crippen LogP contribution in [0, 0.1) is 0 Å². The van der Waals surface area contributed by atoms with Crippen molar-refractivity contribution in [1.29, 1.82) is 0 Å². The van der Waals surface area contributed by atoms with Crippen LogP contribution in [0.2, 0.25) is 0 Å². The average molecular weight is 349 g/mol. The summed E-state index contributed by atoms with van der Waals surface area (Å²) in [5, 5.41) is 4.03. The molecule has 1 aliphatic heterocycles. The number of fused-ring (bicyclic) bond motifs is 1. The number of nitrogens with one attached hydrogen (secondary N) is 2. The van der Waals surface area contributed by atoms with Gasteiger partial charge in [-0.3, -0.25) is 19.7 Å². The summed E-state index contributed by atoms with van der Waals surface area (Å²) in [6.07, 6.45) is 7.80. The molecule has 6 heteroatoms. The van der Waals surface area contributed by atoms with Crippen LogP contribution in [0.3, 0.4) is 0 Å². The molecule has 0 saturated carbocycles. The number of aromatic amines is 1. The highest BCUT2D eigenvalue weighted by molar-refractivity contribution is 5.79. The SMILES string of the molecule is CC(=O)NCc1cncc(C2CCCN2Cc2ccc3cc[nH]c3c2)n1. The summed E-state index contributed by atoms with van der Waals surface area (Å²) in [6.45, 7) is 3.89. The van der Waals surface area contributed by atoms with Crippen molar-refractivity contribution in [2.75, 3.05) is 6.54 Å². The van der Waals surface area contributed by atoms with E-state index >= 15 is 0 Å². The number of H-pyrrole nitrogens is 1. The van der Waals surface area contributed by atoms with Crippen molar-refractivity contribution >= 4 is 16.8 Å². The number of amides is 1. The first-order chi connectivity index (χ1) is 12.7. The maximum Gasteiger partial charge on any atom is 0.217 e. The van der Waals surface area contributed by atoms with E-state index in [2.05, 4.69) is 44.5 Å². The predicted octanol–water partition coefficient (Wildman–Crippen LogP) is 2.93. The molecule has 134 valence electrons. The van der Waals surface area contributed by atoms with Gasteiger partial charge >= 0.3 is 0 Å². The van der Waals surface area contributed by atoms with E-state index in [1.165, 1.54) is 23.4 Å². The van der Waals surface area contributed by atoms with Gasteiger partial charge in [0.15, 0.2) is 0 Å². The lowest BCUT2D eigenvalue weighted by Crippen LogP contribution is -2.25. The summed E-state index contributed by atoms with van der Waals surface area (Å²) in [7, 11) is 0. The van der Waals surface area contributed by atoms with Crippen molar-refractivity contribution in [3.8, 4) is 0 Å². The van der Waals surface area contributed by atoms with Gasteiger partial charge in [-0.1, -0.05) is 12.1 Å². The molecule has 4 rings (SSSR count). The summed E-state index contributed by atoms with van der Waals surface area (Å²) < 4.78 is 0. The van der Waals surface area contributed by atoms with E-state index in [4.69, 9.17) is 4.98 Å². The van der Waals surface area contributed by atoms with Gasteiger partial charge in [0.1, 0.15) is 0 Å². The Morgan fingerprint density at radius 1 is 1.35 bits per heavy atom. The maximum atomic E-state index is 11.1. The second-order valence-corrected chi connectivity index (χ2v) is 6.87. The standard InChI is InChI=1S/C20H23N5O/c1-14(26)23-11-17-10-21-12-19(24-17)20-3-2-8-25(20)13-15-4-5-16-6-7-22-18(16)9-15/h4-7,9-10,12,20,22H,2-3,8,11,13H2,1H3,(H,23,26). The zero-order valence-electron chi connectivity index (χ0n) is 14.9. The minimum atomic E-state index is -0.0561. The molecule has 0 aliphatic carbocycles. The summed E-state index contributed by atoms with van der Waals surface area (Å²) in [4.78, 5) is 25.9. The molecule has 26 heavy (non-hydrogen) atoms. The molecule has 1 amide bonds. The van der Waals surface area contributed by atoms with E-state index in [9.17, 15) is 4.79 Å². The second kappa shape index (κ2) is 7.25. The molecule has 0 bridgehead atoms. The van der Waals surface area contributed by atoms with Crippen LogP contribution in [0.15, 0.2) is 42.9 Å². The number of benzene rings is 1. The molecule has 1 unspecified atom stereocenters. The van der Waals surface area contributed by atoms with Crippen LogP contribution in [0.5, 0.6) is 0 Å². The van der Waals surface area contributed by atoms with E-state index in [1.807, 2.05) is 12.4 Å². The number of aromatic nitrogens is 3. The first kappa shape index (κ1) is 16.7. The number of carbonyl (C=O) groups excluding carboxylic acids is 1. The minimum Gasteiger partial charge on any atom is -0.361 e. The quantitative estimate of drug-likeness (QED) is 0.743. The Morgan fingerprint density at radius 3 is 3.15 bits per heavy atom. The summed E-state index contributed by atoms with van der Waals surface area (Å²) in [5.74, 6) is -0.0561. The van der Waals surface area contributed by atoms with Crippen molar-refractivity contribution in [2.24, 2.45) is 0 Å². The lowest BCUT2D eigenvalue weighted by molar-refractivity contribution is -0.119. The van der Waals surface area contributed by atoms with Crippen LogP contribution in [0.25, 0.3) is 10.9 Å². The van der Waals surface area contributed by atoms with Gasteiger partial charge in [-0.05, 0) is 42.5 Å². The van der Waals surface area contributed by atoms with Gasteiger partial charge in [0.05, 0.1) is 36.4 Å². The van der Waals surface area contributed by atoms with Crippen LogP contribution in [-0.2, 0) is 17.9 Å². The zero-order chi connectivity index (χ0) is 17.9. The number of hydrogen-bond donors (Lipinski definition) is 2. The zero-order valence-corrected chi connectivity index (χ0v) is 14.9. The molecule has 1 fully saturated rings. The Kier molecular flexibility index (Phi) is 4.67. The lowest BCUT2D eigenvalue weighted by atomic mass is 10.1. The molecule has 0 spiro atoms. The highest BCUT2D eigenvalue weighted by Gasteiger charge is 2.27. The fraction of sp³-hybridized carbons (Fsp3) is 0.350. The van der Waals surface area contributed by atoms with Crippen LogP contribution in [0.4, 0.5) is 0 Å². The average Bonchev–Trinajstić information content (AvgIpc) is 3.29. The number of likely N-dealkylation sites (tertiary alicyclic amines) is 1. The predicted molar refractivity (Wildman–Crippen MR) is 100 cm³/mol. The first-order valence-electron chi connectivity index (χ1n) is 9.04. The third kappa shape index (κ3) is 3.60. The van der Waals surface area contributed by atoms with Gasteiger partial charge in [-0.15, -0.1) is 0 Å². The van der Waals surface area contributed by atoms with Crippen molar-refractivity contribution in [3.05, 3.63) is 59.8 Å². The highest BCUT2D eigenvalue weighted by atomic mass is 16.1. The van der Waals surface area contributed by atoms with E-state index in [-0.39, 0.29) is 11.9 Å². The molecule has 1 atom stereocenters. The molecule has 3 heterocycles. The van der Waals surface area contributed by atoms with Crippen molar-refractivity contribution in [2.45, 2.75) is 38.9 Å². The Bertz CT molecular complexity index is 919. The topological polar surface area (TPSA) is 73.9 Å². The molecule has 0 radical (unpaired) electrons. The van der Waals surface area contributed by atoms with Gasteiger partial charge in [0.25, 0.3) is 0 Å². The number of carbonyl (C=O) groups is 1. The molecule has 1 aromatic carbocycles. The smallest absolute Gasteiger partial charge is 0.217 e. The minimum absolute atomic E-state index is 0.0561. The van der Waals surface area contributed by atoms with E-state index in [0.29, 0.717) is 6.54 Å². The van der Waals surface area contributed by atoms with Crippen molar-refractivity contribution in [1.82, 2.24) is 25.2 Å². The third-order valence-electron chi connectivity index (χ3n) is 4.93. The van der Waals surface area contributed by atoms with Gasteiger partial charge in [0.2, 0.25) is 5.91 Å². The number of rotatable bonds is 5. The molecule has 6 nitrogen and oxygen atoms in total.